The van der Waals surface area contributed by atoms with Crippen LogP contribution in [-0.2, 0) is 20.7 Å². The number of carbonyl (C=O) groups is 3. The van der Waals surface area contributed by atoms with Gasteiger partial charge in [0.05, 0.1) is 18.5 Å². The van der Waals surface area contributed by atoms with E-state index in [0.29, 0.717) is 30.6 Å². The van der Waals surface area contributed by atoms with Crippen LogP contribution >= 0.6 is 11.8 Å². The second kappa shape index (κ2) is 11.3. The first-order valence-electron chi connectivity index (χ1n) is 11.3. The highest BCUT2D eigenvalue weighted by Crippen LogP contribution is 2.25. The number of benzene rings is 1. The average molecular weight is 489 g/mol. The SMILES string of the molecule is CCOc1ccc(-n2c(CC3CC(=O)NC(=O)N3)nnc2SCC(=O)NCC2CCCO2)cc1. The molecule has 2 aromatic rings. The van der Waals surface area contributed by atoms with Gasteiger partial charge in [0.2, 0.25) is 11.8 Å². The summed E-state index contributed by atoms with van der Waals surface area (Å²) in [5.74, 6) is 1.04. The zero-order chi connectivity index (χ0) is 23.9. The van der Waals surface area contributed by atoms with E-state index in [-0.39, 0.29) is 30.1 Å². The molecule has 2 saturated heterocycles. The Bertz CT molecular complexity index is 1010. The van der Waals surface area contributed by atoms with Crippen molar-refractivity contribution in [1.82, 2.24) is 30.7 Å². The van der Waals surface area contributed by atoms with Crippen molar-refractivity contribution in [3.05, 3.63) is 30.1 Å². The number of amides is 4. The third kappa shape index (κ3) is 6.26. The van der Waals surface area contributed by atoms with E-state index in [2.05, 4.69) is 26.1 Å². The molecule has 0 saturated carbocycles. The topological polar surface area (TPSA) is 136 Å². The Kier molecular flexibility index (Phi) is 8.01. The molecular formula is C22H28N6O5S. The average Bonchev–Trinajstić information content (AvgIpc) is 3.46. The van der Waals surface area contributed by atoms with Gasteiger partial charge in [-0.25, -0.2) is 4.79 Å². The van der Waals surface area contributed by atoms with Crippen LogP contribution in [0.1, 0.15) is 32.0 Å². The van der Waals surface area contributed by atoms with Crippen LogP contribution in [0.15, 0.2) is 29.4 Å². The fourth-order valence-electron chi connectivity index (χ4n) is 3.88. The molecule has 2 unspecified atom stereocenters. The summed E-state index contributed by atoms with van der Waals surface area (Å²) in [6.07, 6.45) is 2.52. The molecule has 0 radical (unpaired) electrons. The van der Waals surface area contributed by atoms with Crippen LogP contribution in [0, 0.1) is 0 Å². The summed E-state index contributed by atoms with van der Waals surface area (Å²) in [7, 11) is 0. The molecular weight excluding hydrogens is 460 g/mol. The number of nitrogens with one attached hydrogen (secondary N) is 3. The highest BCUT2D eigenvalue weighted by molar-refractivity contribution is 7.99. The Hall–Kier alpha value is -3.12. The molecule has 3 N–H and O–H groups in total. The zero-order valence-electron chi connectivity index (χ0n) is 18.9. The van der Waals surface area contributed by atoms with Crippen molar-refractivity contribution in [3.63, 3.8) is 0 Å². The van der Waals surface area contributed by atoms with E-state index in [0.717, 1.165) is 30.9 Å². The van der Waals surface area contributed by atoms with Crippen molar-refractivity contribution in [2.45, 2.75) is 49.9 Å². The lowest BCUT2D eigenvalue weighted by Crippen LogP contribution is -2.53. The molecule has 4 rings (SSSR count). The van der Waals surface area contributed by atoms with E-state index in [9.17, 15) is 14.4 Å². The zero-order valence-corrected chi connectivity index (χ0v) is 19.7. The Balaban J connectivity index is 1.48. The Morgan fingerprint density at radius 3 is 2.82 bits per heavy atom. The minimum Gasteiger partial charge on any atom is -0.494 e. The minimum absolute atomic E-state index is 0.0796. The van der Waals surface area contributed by atoms with Crippen molar-refractivity contribution in [2.75, 3.05) is 25.5 Å². The molecule has 3 heterocycles. The number of imide groups is 1. The van der Waals surface area contributed by atoms with Gasteiger partial charge in [-0.15, -0.1) is 10.2 Å². The normalized spacial score (nSPS) is 20.0. The smallest absolute Gasteiger partial charge is 0.321 e. The van der Waals surface area contributed by atoms with E-state index in [1.54, 1.807) is 0 Å². The van der Waals surface area contributed by atoms with Crippen molar-refractivity contribution in [1.29, 1.82) is 0 Å². The van der Waals surface area contributed by atoms with Gasteiger partial charge in [-0.3, -0.25) is 19.5 Å². The summed E-state index contributed by atoms with van der Waals surface area (Å²) in [6, 6.07) is 6.53. The maximum atomic E-state index is 12.4. The van der Waals surface area contributed by atoms with Crippen molar-refractivity contribution >= 4 is 29.6 Å². The molecule has 0 aliphatic carbocycles. The molecule has 12 heteroatoms. The quantitative estimate of drug-likeness (QED) is 0.424. The van der Waals surface area contributed by atoms with Crippen LogP contribution in [0.4, 0.5) is 4.79 Å². The van der Waals surface area contributed by atoms with E-state index in [4.69, 9.17) is 9.47 Å². The summed E-state index contributed by atoms with van der Waals surface area (Å²) in [5, 5.41) is 17.0. The molecule has 34 heavy (non-hydrogen) atoms. The maximum Gasteiger partial charge on any atom is 0.321 e. The number of aromatic nitrogens is 3. The number of nitrogens with zero attached hydrogens (tertiary/aromatic N) is 3. The van der Waals surface area contributed by atoms with Crippen LogP contribution < -0.4 is 20.7 Å². The summed E-state index contributed by atoms with van der Waals surface area (Å²) in [4.78, 5) is 35.9. The number of urea groups is 1. The maximum absolute atomic E-state index is 12.4. The number of carbonyl (C=O) groups excluding carboxylic acids is 3. The van der Waals surface area contributed by atoms with Crippen molar-refractivity contribution < 1.29 is 23.9 Å². The summed E-state index contributed by atoms with van der Waals surface area (Å²) in [6.45, 7) is 3.72. The van der Waals surface area contributed by atoms with Gasteiger partial charge in [-0.05, 0) is 44.0 Å². The van der Waals surface area contributed by atoms with Gasteiger partial charge in [0.25, 0.3) is 0 Å². The molecule has 182 valence electrons. The number of thioether (sulfide) groups is 1. The van der Waals surface area contributed by atoms with Crippen molar-refractivity contribution in [3.8, 4) is 11.4 Å². The number of hydrogen-bond acceptors (Lipinski definition) is 8. The largest absolute Gasteiger partial charge is 0.494 e. The standard InChI is InChI=1S/C22H28N6O5S/c1-2-32-16-7-5-15(6-8-16)28-18(10-14-11-19(29)25-21(31)24-14)26-27-22(28)34-13-20(30)23-12-17-4-3-9-33-17/h5-8,14,17H,2-4,9-13H2,1H3,(H,23,30)(H2,24,25,29,31). The van der Waals surface area contributed by atoms with E-state index in [1.165, 1.54) is 11.8 Å². The first kappa shape index (κ1) is 24.0. The molecule has 4 amide bonds. The summed E-state index contributed by atoms with van der Waals surface area (Å²) in [5.41, 5.74) is 0.789. The monoisotopic (exact) mass is 488 g/mol. The van der Waals surface area contributed by atoms with Crippen molar-refractivity contribution in [2.24, 2.45) is 0 Å². The third-order valence-electron chi connectivity index (χ3n) is 5.44. The van der Waals surface area contributed by atoms with Gasteiger partial charge in [-0.1, -0.05) is 11.8 Å². The molecule has 2 aliphatic heterocycles. The predicted molar refractivity (Wildman–Crippen MR) is 124 cm³/mol. The molecule has 1 aromatic heterocycles. The molecule has 2 atom stereocenters. The van der Waals surface area contributed by atoms with Crippen LogP contribution in [0.5, 0.6) is 5.75 Å². The van der Waals surface area contributed by atoms with Gasteiger partial charge < -0.3 is 20.1 Å². The number of ether oxygens (including phenoxy) is 2. The van der Waals surface area contributed by atoms with Gasteiger partial charge >= 0.3 is 6.03 Å². The van der Waals surface area contributed by atoms with Gasteiger partial charge in [0.15, 0.2) is 5.16 Å². The van der Waals surface area contributed by atoms with Crippen LogP contribution in [-0.4, -0.2) is 70.3 Å². The van der Waals surface area contributed by atoms with Gasteiger partial charge in [0, 0.05) is 37.7 Å². The second-order valence-corrected chi connectivity index (χ2v) is 8.96. The fourth-order valence-corrected chi connectivity index (χ4v) is 4.68. The predicted octanol–water partition coefficient (Wildman–Crippen LogP) is 1.19. The molecule has 11 nitrogen and oxygen atoms in total. The van der Waals surface area contributed by atoms with Crippen LogP contribution in [0.25, 0.3) is 5.69 Å². The lowest BCUT2D eigenvalue weighted by molar-refractivity contribution is -0.121. The van der Waals surface area contributed by atoms with Crippen LogP contribution in [0.3, 0.4) is 0 Å². The Morgan fingerprint density at radius 1 is 1.29 bits per heavy atom. The highest BCUT2D eigenvalue weighted by atomic mass is 32.2. The molecule has 1 aromatic carbocycles. The number of hydrogen-bond donors (Lipinski definition) is 3. The first-order valence-corrected chi connectivity index (χ1v) is 12.3. The van der Waals surface area contributed by atoms with E-state index in [1.807, 2.05) is 35.8 Å². The minimum atomic E-state index is -0.522. The Labute approximate surface area is 201 Å². The Morgan fingerprint density at radius 2 is 2.12 bits per heavy atom. The van der Waals surface area contributed by atoms with E-state index < -0.39 is 12.1 Å². The highest BCUT2D eigenvalue weighted by Gasteiger charge is 2.27. The van der Waals surface area contributed by atoms with E-state index >= 15 is 0 Å². The van der Waals surface area contributed by atoms with Gasteiger partial charge in [-0.2, -0.15) is 0 Å². The molecule has 2 fully saturated rings. The molecule has 2 aliphatic rings. The lowest BCUT2D eigenvalue weighted by Gasteiger charge is -2.23. The second-order valence-electron chi connectivity index (χ2n) is 8.02. The third-order valence-corrected chi connectivity index (χ3v) is 6.37. The number of rotatable bonds is 10. The summed E-state index contributed by atoms with van der Waals surface area (Å²) < 4.78 is 12.9. The van der Waals surface area contributed by atoms with Gasteiger partial charge in [0.1, 0.15) is 11.6 Å². The summed E-state index contributed by atoms with van der Waals surface area (Å²) >= 11 is 1.27. The molecule has 0 spiro atoms. The van der Waals surface area contributed by atoms with Crippen LogP contribution in [0.2, 0.25) is 0 Å². The lowest BCUT2D eigenvalue weighted by atomic mass is 10.1. The first-order chi connectivity index (χ1) is 16.5. The fraction of sp³-hybridized carbons (Fsp3) is 0.500. The molecule has 0 bridgehead atoms.